The molecule has 1 saturated heterocycles. The van der Waals surface area contributed by atoms with E-state index in [2.05, 4.69) is 26.6 Å². The molecule has 1 aliphatic rings. The molecule has 1 heterocycles. The fraction of sp³-hybridized carbons (Fsp3) is 0.588. The van der Waals surface area contributed by atoms with E-state index in [0.717, 1.165) is 37.0 Å². The molecule has 0 aliphatic carbocycles. The Bertz CT molecular complexity index is 469. The standard InChI is InChI=1S/C17H27ClN4/c1-19-17(21-11-14-22-12-5-2-6-13-22)20-10-9-15-7-3-4-8-16(15)18/h3-4,7-8H,2,5-6,9-14H2,1H3,(H2,19,20,21). The molecular formula is C17H27ClN4. The third-order valence-corrected chi connectivity index (χ3v) is 4.41. The van der Waals surface area contributed by atoms with Gasteiger partial charge < -0.3 is 15.5 Å². The van der Waals surface area contributed by atoms with Gasteiger partial charge in [-0.2, -0.15) is 0 Å². The van der Waals surface area contributed by atoms with Crippen LogP contribution in [0.1, 0.15) is 24.8 Å². The summed E-state index contributed by atoms with van der Waals surface area (Å²) in [5, 5.41) is 7.56. The largest absolute Gasteiger partial charge is 0.356 e. The number of piperidine rings is 1. The molecule has 0 aromatic heterocycles. The smallest absolute Gasteiger partial charge is 0.191 e. The number of halogens is 1. The Labute approximate surface area is 138 Å². The van der Waals surface area contributed by atoms with Crippen LogP contribution in [-0.2, 0) is 6.42 Å². The first-order chi connectivity index (χ1) is 10.8. The molecule has 5 heteroatoms. The highest BCUT2D eigenvalue weighted by atomic mass is 35.5. The van der Waals surface area contributed by atoms with E-state index in [9.17, 15) is 0 Å². The topological polar surface area (TPSA) is 39.7 Å². The summed E-state index contributed by atoms with van der Waals surface area (Å²) in [4.78, 5) is 6.79. The number of hydrogen-bond donors (Lipinski definition) is 2. The Morgan fingerprint density at radius 1 is 1.14 bits per heavy atom. The van der Waals surface area contributed by atoms with E-state index < -0.39 is 0 Å². The van der Waals surface area contributed by atoms with Crippen LogP contribution in [0, 0.1) is 0 Å². The Morgan fingerprint density at radius 3 is 2.59 bits per heavy atom. The predicted molar refractivity (Wildman–Crippen MR) is 94.8 cm³/mol. The van der Waals surface area contributed by atoms with Crippen LogP contribution in [0.15, 0.2) is 29.3 Å². The average Bonchev–Trinajstić information content (AvgIpc) is 2.56. The first-order valence-electron chi connectivity index (χ1n) is 8.20. The Morgan fingerprint density at radius 2 is 1.86 bits per heavy atom. The van der Waals surface area contributed by atoms with Gasteiger partial charge in [0.15, 0.2) is 5.96 Å². The minimum atomic E-state index is 0.827. The minimum absolute atomic E-state index is 0.827. The monoisotopic (exact) mass is 322 g/mol. The number of nitrogens with one attached hydrogen (secondary N) is 2. The van der Waals surface area contributed by atoms with Crippen molar-refractivity contribution >= 4 is 17.6 Å². The second-order valence-electron chi connectivity index (χ2n) is 5.67. The summed E-state index contributed by atoms with van der Waals surface area (Å²) in [6, 6.07) is 7.98. The van der Waals surface area contributed by atoms with E-state index in [1.807, 2.05) is 25.2 Å². The highest BCUT2D eigenvalue weighted by molar-refractivity contribution is 6.31. The number of hydrogen-bond acceptors (Lipinski definition) is 2. The van der Waals surface area contributed by atoms with E-state index in [4.69, 9.17) is 11.6 Å². The highest BCUT2D eigenvalue weighted by Gasteiger charge is 2.09. The molecule has 0 saturated carbocycles. The summed E-state index contributed by atoms with van der Waals surface area (Å²) in [7, 11) is 1.81. The lowest BCUT2D eigenvalue weighted by Crippen LogP contribution is -2.43. The molecule has 22 heavy (non-hydrogen) atoms. The third-order valence-electron chi connectivity index (χ3n) is 4.04. The summed E-state index contributed by atoms with van der Waals surface area (Å²) >= 11 is 6.16. The summed E-state index contributed by atoms with van der Waals surface area (Å²) in [6.45, 7) is 5.32. The van der Waals surface area contributed by atoms with Crippen molar-refractivity contribution in [3.63, 3.8) is 0 Å². The van der Waals surface area contributed by atoms with Crippen molar-refractivity contribution in [3.8, 4) is 0 Å². The van der Waals surface area contributed by atoms with Gasteiger partial charge in [-0.1, -0.05) is 36.2 Å². The van der Waals surface area contributed by atoms with Crippen molar-refractivity contribution in [2.75, 3.05) is 39.8 Å². The molecule has 0 unspecified atom stereocenters. The zero-order valence-corrected chi connectivity index (χ0v) is 14.2. The van der Waals surface area contributed by atoms with Crippen LogP contribution in [0.2, 0.25) is 5.02 Å². The molecule has 1 aromatic rings. The first kappa shape index (κ1) is 17.1. The first-order valence-corrected chi connectivity index (χ1v) is 8.57. The Balaban J connectivity index is 1.63. The molecule has 0 amide bonds. The number of guanidine groups is 1. The zero-order chi connectivity index (χ0) is 15.6. The number of nitrogens with zero attached hydrogens (tertiary/aromatic N) is 2. The van der Waals surface area contributed by atoms with Crippen LogP contribution in [0.5, 0.6) is 0 Å². The van der Waals surface area contributed by atoms with Gasteiger partial charge in [0.1, 0.15) is 0 Å². The van der Waals surface area contributed by atoms with Gasteiger partial charge >= 0.3 is 0 Å². The van der Waals surface area contributed by atoms with Crippen LogP contribution in [0.3, 0.4) is 0 Å². The summed E-state index contributed by atoms with van der Waals surface area (Å²) in [5.41, 5.74) is 1.17. The average molecular weight is 323 g/mol. The Hall–Kier alpha value is -1.26. The SMILES string of the molecule is CN=C(NCCc1ccccc1Cl)NCCN1CCCCC1. The molecule has 2 N–H and O–H groups in total. The van der Waals surface area contributed by atoms with Crippen LogP contribution < -0.4 is 10.6 Å². The van der Waals surface area contributed by atoms with Gasteiger partial charge in [-0.15, -0.1) is 0 Å². The van der Waals surface area contributed by atoms with Crippen molar-refractivity contribution in [2.24, 2.45) is 4.99 Å². The lowest BCUT2D eigenvalue weighted by molar-refractivity contribution is 0.232. The number of benzene rings is 1. The van der Waals surface area contributed by atoms with Crippen LogP contribution in [-0.4, -0.2) is 50.6 Å². The Kier molecular flexibility index (Phi) is 7.54. The van der Waals surface area contributed by atoms with E-state index in [1.54, 1.807) is 0 Å². The molecule has 122 valence electrons. The van der Waals surface area contributed by atoms with Crippen LogP contribution in [0.4, 0.5) is 0 Å². The summed E-state index contributed by atoms with van der Waals surface area (Å²) < 4.78 is 0. The molecule has 2 rings (SSSR count). The second kappa shape index (κ2) is 9.70. The van der Waals surface area contributed by atoms with Gasteiger partial charge in [-0.25, -0.2) is 0 Å². The maximum absolute atomic E-state index is 6.16. The van der Waals surface area contributed by atoms with E-state index >= 15 is 0 Å². The van der Waals surface area contributed by atoms with Gasteiger partial charge in [0.05, 0.1) is 0 Å². The lowest BCUT2D eigenvalue weighted by atomic mass is 10.1. The molecule has 1 aromatic carbocycles. The number of likely N-dealkylation sites (tertiary alicyclic amines) is 1. The maximum Gasteiger partial charge on any atom is 0.191 e. The lowest BCUT2D eigenvalue weighted by Gasteiger charge is -2.26. The molecule has 0 spiro atoms. The van der Waals surface area contributed by atoms with E-state index in [-0.39, 0.29) is 0 Å². The fourth-order valence-electron chi connectivity index (χ4n) is 2.75. The fourth-order valence-corrected chi connectivity index (χ4v) is 2.98. The van der Waals surface area contributed by atoms with Crippen LogP contribution in [0.25, 0.3) is 0 Å². The molecular weight excluding hydrogens is 296 g/mol. The van der Waals surface area contributed by atoms with Crippen molar-refractivity contribution in [3.05, 3.63) is 34.9 Å². The van der Waals surface area contributed by atoms with Gasteiger partial charge in [0, 0.05) is 31.7 Å². The van der Waals surface area contributed by atoms with Crippen molar-refractivity contribution in [1.82, 2.24) is 15.5 Å². The highest BCUT2D eigenvalue weighted by Crippen LogP contribution is 2.14. The zero-order valence-electron chi connectivity index (χ0n) is 13.4. The minimum Gasteiger partial charge on any atom is -0.356 e. The normalized spacial score (nSPS) is 16.5. The van der Waals surface area contributed by atoms with E-state index in [1.165, 1.54) is 37.9 Å². The second-order valence-corrected chi connectivity index (χ2v) is 6.08. The van der Waals surface area contributed by atoms with Gasteiger partial charge in [-0.05, 0) is 44.0 Å². The molecule has 0 radical (unpaired) electrons. The molecule has 1 aliphatic heterocycles. The number of rotatable bonds is 6. The quantitative estimate of drug-likeness (QED) is 0.624. The maximum atomic E-state index is 6.16. The number of aliphatic imine (C=N–C) groups is 1. The summed E-state index contributed by atoms with van der Waals surface area (Å²) in [6.07, 6.45) is 4.96. The van der Waals surface area contributed by atoms with Gasteiger partial charge in [0.2, 0.25) is 0 Å². The summed E-state index contributed by atoms with van der Waals surface area (Å²) in [5.74, 6) is 0.865. The van der Waals surface area contributed by atoms with Crippen molar-refractivity contribution < 1.29 is 0 Å². The molecule has 0 bridgehead atoms. The molecule has 4 nitrogen and oxygen atoms in total. The van der Waals surface area contributed by atoms with E-state index in [0.29, 0.717) is 0 Å². The third kappa shape index (κ3) is 5.85. The van der Waals surface area contributed by atoms with Crippen LogP contribution >= 0.6 is 11.6 Å². The molecule has 0 atom stereocenters. The van der Waals surface area contributed by atoms with Crippen molar-refractivity contribution in [1.29, 1.82) is 0 Å². The van der Waals surface area contributed by atoms with Gasteiger partial charge in [0.25, 0.3) is 0 Å². The molecule has 1 fully saturated rings. The predicted octanol–water partition coefficient (Wildman–Crippen LogP) is 2.53. The van der Waals surface area contributed by atoms with Gasteiger partial charge in [-0.3, -0.25) is 4.99 Å². The van der Waals surface area contributed by atoms with Crippen molar-refractivity contribution in [2.45, 2.75) is 25.7 Å².